The van der Waals surface area contributed by atoms with E-state index in [1.807, 2.05) is 36.4 Å². The number of halogens is 1. The summed E-state index contributed by atoms with van der Waals surface area (Å²) < 4.78 is 0.977. The van der Waals surface area contributed by atoms with Crippen LogP contribution in [0.5, 0.6) is 5.75 Å². The minimum absolute atomic E-state index is 0.152. The maximum atomic E-state index is 13.1. The lowest BCUT2D eigenvalue weighted by Crippen LogP contribution is -2.27. The van der Waals surface area contributed by atoms with Crippen LogP contribution in [-0.2, 0) is 0 Å². The number of rotatable bonds is 3. The molecule has 1 N–H and O–H groups in total. The van der Waals surface area contributed by atoms with Crippen LogP contribution in [0.15, 0.2) is 82.6 Å². The zero-order valence-corrected chi connectivity index (χ0v) is 15.9. The number of benzene rings is 2. The monoisotopic (exact) mass is 421 g/mol. The van der Waals surface area contributed by atoms with E-state index in [1.54, 1.807) is 30.5 Å². The number of aromatic hydroxyl groups is 1. The lowest BCUT2D eigenvalue weighted by Gasteiger charge is -2.22. The fourth-order valence-electron chi connectivity index (χ4n) is 3.15. The topological polar surface area (TPSA) is 65.8 Å². The van der Waals surface area contributed by atoms with E-state index in [4.69, 9.17) is 0 Å². The van der Waals surface area contributed by atoms with Crippen molar-refractivity contribution in [1.82, 2.24) is 9.99 Å². The molecule has 1 atom stereocenters. The van der Waals surface area contributed by atoms with E-state index in [0.29, 0.717) is 17.5 Å². The van der Waals surface area contributed by atoms with Crippen LogP contribution in [-0.4, -0.2) is 26.7 Å². The number of phenolic OH excluding ortho intramolecular Hbond substituents is 1. The summed E-state index contributed by atoms with van der Waals surface area (Å²) >= 11 is 3.43. The van der Waals surface area contributed by atoms with E-state index >= 15 is 0 Å². The van der Waals surface area contributed by atoms with Crippen molar-refractivity contribution in [3.63, 3.8) is 0 Å². The first kappa shape index (κ1) is 17.4. The summed E-state index contributed by atoms with van der Waals surface area (Å²) in [6.07, 6.45) is 3.67. The van der Waals surface area contributed by atoms with Gasteiger partial charge in [-0.3, -0.25) is 9.78 Å². The van der Waals surface area contributed by atoms with Gasteiger partial charge in [0, 0.05) is 28.9 Å². The van der Waals surface area contributed by atoms with Gasteiger partial charge in [0.15, 0.2) is 0 Å². The highest BCUT2D eigenvalue weighted by molar-refractivity contribution is 9.10. The summed E-state index contributed by atoms with van der Waals surface area (Å²) in [4.78, 5) is 17.1. The molecule has 0 saturated carbocycles. The molecule has 0 fully saturated rings. The predicted molar refractivity (Wildman–Crippen MR) is 107 cm³/mol. The Balaban J connectivity index is 1.75. The predicted octanol–water partition coefficient (Wildman–Crippen LogP) is 4.54. The maximum absolute atomic E-state index is 13.1. The third kappa shape index (κ3) is 3.48. The molecule has 1 aliphatic rings. The molecule has 1 unspecified atom stereocenters. The highest BCUT2D eigenvalue weighted by Gasteiger charge is 2.35. The Labute approximate surface area is 165 Å². The van der Waals surface area contributed by atoms with Gasteiger partial charge in [-0.05, 0) is 35.9 Å². The number of pyridine rings is 1. The van der Waals surface area contributed by atoms with Crippen molar-refractivity contribution < 1.29 is 9.90 Å². The van der Waals surface area contributed by atoms with Crippen molar-refractivity contribution in [2.45, 2.75) is 12.5 Å². The molecule has 3 aromatic rings. The van der Waals surface area contributed by atoms with Gasteiger partial charge in [-0.2, -0.15) is 5.10 Å². The van der Waals surface area contributed by atoms with Crippen molar-refractivity contribution in [2.75, 3.05) is 0 Å². The van der Waals surface area contributed by atoms with Crippen LogP contribution in [0.3, 0.4) is 0 Å². The Morgan fingerprint density at radius 1 is 1.07 bits per heavy atom. The Hall–Kier alpha value is -2.99. The first-order valence-electron chi connectivity index (χ1n) is 8.48. The molecular formula is C21H16BrN3O2. The van der Waals surface area contributed by atoms with E-state index in [0.717, 1.165) is 15.7 Å². The van der Waals surface area contributed by atoms with Crippen LogP contribution in [0.2, 0.25) is 0 Å². The number of hydrogen-bond acceptors (Lipinski definition) is 4. The molecule has 0 radical (unpaired) electrons. The highest BCUT2D eigenvalue weighted by atomic mass is 79.9. The van der Waals surface area contributed by atoms with Crippen LogP contribution < -0.4 is 0 Å². The maximum Gasteiger partial charge on any atom is 0.276 e. The molecule has 6 heteroatoms. The smallest absolute Gasteiger partial charge is 0.276 e. The van der Waals surface area contributed by atoms with Crippen molar-refractivity contribution in [3.8, 4) is 5.75 Å². The number of amides is 1. The van der Waals surface area contributed by atoms with Gasteiger partial charge in [0.25, 0.3) is 5.91 Å². The first-order valence-corrected chi connectivity index (χ1v) is 9.27. The Morgan fingerprint density at radius 2 is 1.85 bits per heavy atom. The molecule has 0 aliphatic carbocycles. The van der Waals surface area contributed by atoms with Gasteiger partial charge in [-0.15, -0.1) is 0 Å². The van der Waals surface area contributed by atoms with Crippen molar-refractivity contribution in [2.24, 2.45) is 5.10 Å². The molecule has 0 spiro atoms. The zero-order valence-electron chi connectivity index (χ0n) is 14.3. The molecule has 134 valence electrons. The molecule has 1 aliphatic heterocycles. The quantitative estimate of drug-likeness (QED) is 0.674. The van der Waals surface area contributed by atoms with Gasteiger partial charge in [-0.1, -0.05) is 46.3 Å². The van der Waals surface area contributed by atoms with Gasteiger partial charge >= 0.3 is 0 Å². The molecule has 27 heavy (non-hydrogen) atoms. The number of phenols is 1. The fraction of sp³-hybridized carbons (Fsp3) is 0.0952. The number of hydrazone groups is 1. The second-order valence-corrected chi connectivity index (χ2v) is 7.14. The standard InChI is InChI=1S/C21H16BrN3O2/c22-16-9-7-14(8-10-16)18-12-19(17-5-1-2-6-20(17)26)25(24-18)21(27)15-4-3-11-23-13-15/h1-11,13,19,26H,12H2. The van der Waals surface area contributed by atoms with Crippen LogP contribution >= 0.6 is 15.9 Å². The summed E-state index contributed by atoms with van der Waals surface area (Å²) in [6.45, 7) is 0. The molecule has 1 amide bonds. The van der Waals surface area contributed by atoms with E-state index in [-0.39, 0.29) is 17.7 Å². The molecule has 0 bridgehead atoms. The van der Waals surface area contributed by atoms with Gasteiger partial charge in [-0.25, -0.2) is 5.01 Å². The Bertz CT molecular complexity index is 1000. The van der Waals surface area contributed by atoms with Crippen LogP contribution in [0.1, 0.15) is 33.9 Å². The summed E-state index contributed by atoms with van der Waals surface area (Å²) in [5, 5.41) is 16.4. The number of carbonyl (C=O) groups excluding carboxylic acids is 1. The Morgan fingerprint density at radius 3 is 2.56 bits per heavy atom. The fourth-order valence-corrected chi connectivity index (χ4v) is 3.41. The van der Waals surface area contributed by atoms with Gasteiger partial charge in [0.1, 0.15) is 5.75 Å². The molecule has 2 heterocycles. The van der Waals surface area contributed by atoms with E-state index < -0.39 is 0 Å². The Kier molecular flexibility index (Phi) is 4.73. The molecule has 0 saturated heterocycles. The SMILES string of the molecule is O=C(c1cccnc1)N1N=C(c2ccc(Br)cc2)CC1c1ccccc1O. The van der Waals surface area contributed by atoms with Crippen molar-refractivity contribution in [1.29, 1.82) is 0 Å². The van der Waals surface area contributed by atoms with Crippen molar-refractivity contribution in [3.05, 3.63) is 94.2 Å². The highest BCUT2D eigenvalue weighted by Crippen LogP contribution is 2.37. The van der Waals surface area contributed by atoms with Gasteiger partial charge in [0.2, 0.25) is 0 Å². The molecular weight excluding hydrogens is 406 g/mol. The van der Waals surface area contributed by atoms with Gasteiger partial charge < -0.3 is 5.11 Å². The summed E-state index contributed by atoms with van der Waals surface area (Å²) in [5.74, 6) is -0.0952. The number of aromatic nitrogens is 1. The summed E-state index contributed by atoms with van der Waals surface area (Å²) in [6, 6.07) is 17.9. The minimum atomic E-state index is -0.377. The molecule has 1 aromatic heterocycles. The van der Waals surface area contributed by atoms with Crippen LogP contribution in [0.25, 0.3) is 0 Å². The van der Waals surface area contributed by atoms with Crippen LogP contribution in [0, 0.1) is 0 Å². The average Bonchev–Trinajstić information content (AvgIpc) is 3.14. The molecule has 2 aromatic carbocycles. The third-order valence-electron chi connectivity index (χ3n) is 4.50. The molecule has 4 rings (SSSR count). The number of hydrogen-bond donors (Lipinski definition) is 1. The number of carbonyl (C=O) groups is 1. The summed E-state index contributed by atoms with van der Waals surface area (Å²) in [7, 11) is 0. The third-order valence-corrected chi connectivity index (χ3v) is 5.03. The average molecular weight is 422 g/mol. The molecule has 5 nitrogen and oxygen atoms in total. The van der Waals surface area contributed by atoms with Gasteiger partial charge in [0.05, 0.1) is 17.3 Å². The number of nitrogens with zero attached hydrogens (tertiary/aromatic N) is 3. The van der Waals surface area contributed by atoms with E-state index in [2.05, 4.69) is 26.0 Å². The van der Waals surface area contributed by atoms with E-state index in [1.165, 1.54) is 11.2 Å². The van der Waals surface area contributed by atoms with Crippen molar-refractivity contribution >= 4 is 27.5 Å². The lowest BCUT2D eigenvalue weighted by atomic mass is 9.97. The lowest BCUT2D eigenvalue weighted by molar-refractivity contribution is 0.0709. The minimum Gasteiger partial charge on any atom is -0.508 e. The first-order chi connectivity index (χ1) is 13.1. The second kappa shape index (κ2) is 7.32. The zero-order chi connectivity index (χ0) is 18.8. The second-order valence-electron chi connectivity index (χ2n) is 6.22. The number of para-hydroxylation sites is 1. The largest absolute Gasteiger partial charge is 0.508 e. The normalized spacial score (nSPS) is 16.3. The van der Waals surface area contributed by atoms with E-state index in [9.17, 15) is 9.90 Å². The van der Waals surface area contributed by atoms with Crippen LogP contribution in [0.4, 0.5) is 0 Å². The summed E-state index contributed by atoms with van der Waals surface area (Å²) in [5.41, 5.74) is 2.87.